The number of amides is 1. The number of benzene rings is 3. The molecule has 2 N–H and O–H groups in total. The van der Waals surface area contributed by atoms with Gasteiger partial charge in [-0.15, -0.1) is 0 Å². The summed E-state index contributed by atoms with van der Waals surface area (Å²) in [6, 6.07) is 23.6. The van der Waals surface area contributed by atoms with Gasteiger partial charge in [-0.1, -0.05) is 88.3 Å². The molecule has 0 aliphatic heterocycles. The summed E-state index contributed by atoms with van der Waals surface area (Å²) in [5.41, 5.74) is 8.08. The number of primary amides is 1. The normalized spacial score (nSPS) is 10.8. The lowest BCUT2D eigenvalue weighted by Crippen LogP contribution is -2.13. The van der Waals surface area contributed by atoms with Crippen LogP contribution >= 0.6 is 0 Å². The first-order valence-electron chi connectivity index (χ1n) is 15.9. The first-order valence-corrected chi connectivity index (χ1v) is 15.9. The van der Waals surface area contributed by atoms with E-state index in [1.165, 1.54) is 44.9 Å². The van der Waals surface area contributed by atoms with Crippen LogP contribution in [0, 0.1) is 0 Å². The molecule has 0 saturated carbocycles. The molecule has 1 amide bonds. The van der Waals surface area contributed by atoms with Gasteiger partial charge < -0.3 is 34.2 Å². The Morgan fingerprint density at radius 1 is 0.523 bits per heavy atom. The molecule has 240 valence electrons. The van der Waals surface area contributed by atoms with E-state index in [0.717, 1.165) is 41.2 Å². The Labute approximate surface area is 262 Å². The van der Waals surface area contributed by atoms with Gasteiger partial charge in [0.2, 0.25) is 0 Å². The smallest absolute Gasteiger partial charge is 0.404 e. The standard InChI is InChI=1S/C36H49NO7/c1-2-3-4-5-6-7-8-9-22-41-34-18-12-31(13-19-34)32-14-20-35(21-15-32)43-28-26-40-24-23-39-25-27-42-33-16-10-30(11-17-33)29-44-36(37)38/h10-21H,2-9,22-29H2,1H3,(H2,37,38). The zero-order chi connectivity index (χ0) is 31.1. The Balaban J connectivity index is 1.18. The molecule has 0 saturated heterocycles. The van der Waals surface area contributed by atoms with Crippen LogP contribution < -0.4 is 19.9 Å². The van der Waals surface area contributed by atoms with E-state index in [0.29, 0.717) is 45.4 Å². The second kappa shape index (κ2) is 21.9. The minimum absolute atomic E-state index is 0.140. The van der Waals surface area contributed by atoms with Crippen molar-refractivity contribution in [3.05, 3.63) is 78.4 Å². The third-order valence-corrected chi connectivity index (χ3v) is 6.98. The van der Waals surface area contributed by atoms with Gasteiger partial charge in [-0.05, 0) is 59.5 Å². The van der Waals surface area contributed by atoms with E-state index < -0.39 is 6.09 Å². The number of ether oxygens (including phenoxy) is 6. The van der Waals surface area contributed by atoms with E-state index in [2.05, 4.69) is 31.2 Å². The van der Waals surface area contributed by atoms with Crippen LogP contribution in [0.15, 0.2) is 72.8 Å². The Hall–Kier alpha value is -3.75. The maximum absolute atomic E-state index is 10.7. The molecule has 0 aliphatic rings. The summed E-state index contributed by atoms with van der Waals surface area (Å²) in [6.07, 6.45) is 9.63. The molecular weight excluding hydrogens is 558 g/mol. The van der Waals surface area contributed by atoms with Crippen LogP contribution in [0.1, 0.15) is 63.9 Å². The van der Waals surface area contributed by atoms with Crippen molar-refractivity contribution in [2.75, 3.05) is 46.2 Å². The molecular formula is C36H49NO7. The largest absolute Gasteiger partial charge is 0.494 e. The summed E-state index contributed by atoms with van der Waals surface area (Å²) >= 11 is 0. The van der Waals surface area contributed by atoms with E-state index in [9.17, 15) is 4.79 Å². The van der Waals surface area contributed by atoms with Gasteiger partial charge in [0, 0.05) is 0 Å². The summed E-state index contributed by atoms with van der Waals surface area (Å²) in [5, 5.41) is 0. The van der Waals surface area contributed by atoms with E-state index in [1.54, 1.807) is 0 Å². The van der Waals surface area contributed by atoms with Gasteiger partial charge in [0.25, 0.3) is 0 Å². The highest BCUT2D eigenvalue weighted by Gasteiger charge is 2.02. The zero-order valence-electron chi connectivity index (χ0n) is 26.2. The van der Waals surface area contributed by atoms with Gasteiger partial charge in [0.15, 0.2) is 0 Å². The van der Waals surface area contributed by atoms with Crippen LogP contribution in [0.3, 0.4) is 0 Å². The molecule has 0 aromatic heterocycles. The van der Waals surface area contributed by atoms with Crippen LogP contribution in [0.25, 0.3) is 11.1 Å². The van der Waals surface area contributed by atoms with E-state index in [1.807, 2.05) is 48.5 Å². The van der Waals surface area contributed by atoms with Gasteiger partial charge in [0.1, 0.15) is 37.1 Å². The van der Waals surface area contributed by atoms with Crippen LogP contribution in [-0.4, -0.2) is 52.3 Å². The van der Waals surface area contributed by atoms with Crippen molar-refractivity contribution in [3.8, 4) is 28.4 Å². The first kappa shape index (κ1) is 34.7. The number of nitrogens with two attached hydrogens (primary N) is 1. The summed E-state index contributed by atoms with van der Waals surface area (Å²) in [5.74, 6) is 2.45. The monoisotopic (exact) mass is 607 g/mol. The maximum Gasteiger partial charge on any atom is 0.404 e. The number of unbranched alkanes of at least 4 members (excludes halogenated alkanes) is 7. The number of carbonyl (C=O) groups is 1. The predicted octanol–water partition coefficient (Wildman–Crippen LogP) is 7.96. The van der Waals surface area contributed by atoms with Crippen LogP contribution in [0.5, 0.6) is 17.2 Å². The first-order chi connectivity index (χ1) is 21.6. The lowest BCUT2D eigenvalue weighted by molar-refractivity contribution is 0.0273. The lowest BCUT2D eigenvalue weighted by atomic mass is 10.1. The number of hydrogen-bond donors (Lipinski definition) is 1. The Morgan fingerprint density at radius 2 is 0.932 bits per heavy atom. The molecule has 8 nitrogen and oxygen atoms in total. The van der Waals surface area contributed by atoms with Crippen molar-refractivity contribution in [3.63, 3.8) is 0 Å². The third-order valence-electron chi connectivity index (χ3n) is 6.98. The van der Waals surface area contributed by atoms with Crippen molar-refractivity contribution in [1.29, 1.82) is 0 Å². The summed E-state index contributed by atoms with van der Waals surface area (Å²) < 4.78 is 33.3. The molecule has 0 spiro atoms. The fourth-order valence-electron chi connectivity index (χ4n) is 4.51. The van der Waals surface area contributed by atoms with Gasteiger partial charge in [-0.25, -0.2) is 4.79 Å². The SMILES string of the molecule is CCCCCCCCCCOc1ccc(-c2ccc(OCCOCCOCCOc3ccc(COC(N)=O)cc3)cc2)cc1. The quantitative estimate of drug-likeness (QED) is 0.103. The highest BCUT2D eigenvalue weighted by Crippen LogP contribution is 2.25. The lowest BCUT2D eigenvalue weighted by Gasteiger charge is -2.10. The fourth-order valence-corrected chi connectivity index (χ4v) is 4.51. The Morgan fingerprint density at radius 3 is 1.41 bits per heavy atom. The second-order valence-corrected chi connectivity index (χ2v) is 10.5. The molecule has 0 unspecified atom stereocenters. The van der Waals surface area contributed by atoms with Gasteiger partial charge in [-0.3, -0.25) is 0 Å². The molecule has 0 fully saturated rings. The maximum atomic E-state index is 10.7. The Bertz CT molecular complexity index is 1150. The highest BCUT2D eigenvalue weighted by atomic mass is 16.6. The van der Waals surface area contributed by atoms with Crippen molar-refractivity contribution in [1.82, 2.24) is 0 Å². The predicted molar refractivity (Wildman–Crippen MR) is 173 cm³/mol. The molecule has 0 aliphatic carbocycles. The van der Waals surface area contributed by atoms with Crippen LogP contribution in [-0.2, 0) is 20.8 Å². The van der Waals surface area contributed by atoms with Crippen molar-refractivity contribution in [2.45, 2.75) is 64.9 Å². The van der Waals surface area contributed by atoms with E-state index in [-0.39, 0.29) is 6.61 Å². The molecule has 0 heterocycles. The molecule has 3 rings (SSSR count). The van der Waals surface area contributed by atoms with Crippen molar-refractivity contribution >= 4 is 6.09 Å². The minimum Gasteiger partial charge on any atom is -0.494 e. The minimum atomic E-state index is -0.795. The highest BCUT2D eigenvalue weighted by molar-refractivity contribution is 5.65. The fraction of sp³-hybridized carbons (Fsp3) is 0.472. The van der Waals surface area contributed by atoms with E-state index >= 15 is 0 Å². The van der Waals surface area contributed by atoms with Gasteiger partial charge >= 0.3 is 6.09 Å². The molecule has 8 heteroatoms. The topological polar surface area (TPSA) is 98.5 Å². The number of carbonyl (C=O) groups excluding carboxylic acids is 1. The number of rotatable bonds is 24. The molecule has 3 aromatic carbocycles. The molecule has 44 heavy (non-hydrogen) atoms. The Kier molecular flexibility index (Phi) is 17.3. The van der Waals surface area contributed by atoms with Crippen LogP contribution in [0.2, 0.25) is 0 Å². The van der Waals surface area contributed by atoms with E-state index in [4.69, 9.17) is 34.2 Å². The molecule has 0 atom stereocenters. The number of hydrogen-bond acceptors (Lipinski definition) is 7. The molecule has 0 radical (unpaired) electrons. The van der Waals surface area contributed by atoms with Crippen molar-refractivity contribution in [2.24, 2.45) is 5.73 Å². The van der Waals surface area contributed by atoms with Gasteiger partial charge in [0.05, 0.1) is 33.0 Å². The second-order valence-electron chi connectivity index (χ2n) is 10.5. The van der Waals surface area contributed by atoms with Crippen LogP contribution in [0.4, 0.5) is 4.79 Å². The molecule has 0 bridgehead atoms. The molecule has 3 aromatic rings. The summed E-state index contributed by atoms with van der Waals surface area (Å²) in [7, 11) is 0. The summed E-state index contributed by atoms with van der Waals surface area (Å²) in [6.45, 7) is 5.96. The zero-order valence-corrected chi connectivity index (χ0v) is 26.2. The van der Waals surface area contributed by atoms with Gasteiger partial charge in [-0.2, -0.15) is 0 Å². The van der Waals surface area contributed by atoms with Crippen molar-refractivity contribution < 1.29 is 33.2 Å². The third kappa shape index (κ3) is 15.1. The summed E-state index contributed by atoms with van der Waals surface area (Å²) in [4.78, 5) is 10.7. The average Bonchev–Trinajstić information content (AvgIpc) is 3.05. The average molecular weight is 608 g/mol.